The Labute approximate surface area is 172 Å². The van der Waals surface area contributed by atoms with Gasteiger partial charge >= 0.3 is 6.03 Å². The van der Waals surface area contributed by atoms with Crippen LogP contribution in [0.4, 0.5) is 14.9 Å². The first-order chi connectivity index (χ1) is 14.3. The number of aryl methyl sites for hydroxylation is 1. The highest BCUT2D eigenvalue weighted by molar-refractivity contribution is 7.89. The molecule has 2 amide bonds. The maximum Gasteiger partial charge on any atom is 0.332 e. The van der Waals surface area contributed by atoms with E-state index in [0.29, 0.717) is 16.7 Å². The molecule has 3 aromatic rings. The molecule has 0 unspecified atom stereocenters. The molecular formula is C20H16FN5O3S. The lowest BCUT2D eigenvalue weighted by Gasteiger charge is -2.15. The predicted molar refractivity (Wildman–Crippen MR) is 108 cm³/mol. The lowest BCUT2D eigenvalue weighted by molar-refractivity contribution is 0.256. The van der Waals surface area contributed by atoms with Gasteiger partial charge in [0.2, 0.25) is 10.0 Å². The van der Waals surface area contributed by atoms with E-state index >= 15 is 0 Å². The van der Waals surface area contributed by atoms with E-state index in [1.807, 2.05) is 10.8 Å². The number of anilines is 1. The summed E-state index contributed by atoms with van der Waals surface area (Å²) in [6.07, 6.45) is 4.28. The lowest BCUT2D eigenvalue weighted by Crippen LogP contribution is -2.35. The minimum atomic E-state index is -3.99. The maximum absolute atomic E-state index is 14.0. The second-order valence-corrected chi connectivity index (χ2v) is 8.09. The van der Waals surface area contributed by atoms with Crippen LogP contribution in [0.1, 0.15) is 16.8 Å². The van der Waals surface area contributed by atoms with Crippen LogP contribution in [0.2, 0.25) is 0 Å². The molecule has 8 nitrogen and oxygen atoms in total. The number of pyridine rings is 2. The van der Waals surface area contributed by atoms with Gasteiger partial charge in [-0.1, -0.05) is 6.07 Å². The molecule has 0 bridgehead atoms. The molecule has 10 heteroatoms. The number of hydrogen-bond acceptors (Lipinski definition) is 6. The number of nitriles is 1. The van der Waals surface area contributed by atoms with Gasteiger partial charge < -0.3 is 5.32 Å². The van der Waals surface area contributed by atoms with E-state index in [4.69, 9.17) is 5.26 Å². The smallest absolute Gasteiger partial charge is 0.306 e. The maximum atomic E-state index is 14.0. The van der Waals surface area contributed by atoms with Crippen LogP contribution >= 0.6 is 0 Å². The molecule has 152 valence electrons. The van der Waals surface area contributed by atoms with Crippen LogP contribution in [0.15, 0.2) is 55.0 Å². The standard InChI is InChI=1S/C20H16FN5O3S/c1-13-7-16(21)9-18(15-4-6-24-17(8-15)10-22)19(13)25-20(27)26-30(28,29)12-14-3-2-5-23-11-14/h2-9,11H,12H2,1H3,(H2,25,26,27). The molecule has 1 aromatic carbocycles. The van der Waals surface area contributed by atoms with E-state index in [9.17, 15) is 17.6 Å². The molecule has 0 spiro atoms. The van der Waals surface area contributed by atoms with Crippen molar-refractivity contribution in [3.05, 3.63) is 77.6 Å². The first kappa shape index (κ1) is 20.9. The summed E-state index contributed by atoms with van der Waals surface area (Å²) >= 11 is 0. The molecule has 0 fully saturated rings. The van der Waals surface area contributed by atoms with Gasteiger partial charge in [0.05, 0.1) is 11.4 Å². The molecule has 2 aromatic heterocycles. The van der Waals surface area contributed by atoms with Gasteiger partial charge in [-0.05, 0) is 53.9 Å². The van der Waals surface area contributed by atoms with E-state index in [0.717, 1.165) is 0 Å². The number of benzene rings is 1. The van der Waals surface area contributed by atoms with Gasteiger partial charge in [0.15, 0.2) is 0 Å². The van der Waals surface area contributed by atoms with Crippen LogP contribution in [-0.2, 0) is 15.8 Å². The molecule has 2 heterocycles. The Morgan fingerprint density at radius 1 is 1.23 bits per heavy atom. The quantitative estimate of drug-likeness (QED) is 0.647. The highest BCUT2D eigenvalue weighted by Gasteiger charge is 2.19. The van der Waals surface area contributed by atoms with Gasteiger partial charge in [0.25, 0.3) is 0 Å². The second kappa shape index (κ2) is 8.67. The number of amides is 2. The van der Waals surface area contributed by atoms with Crippen LogP contribution in [0.3, 0.4) is 0 Å². The average Bonchev–Trinajstić information content (AvgIpc) is 2.69. The molecule has 0 atom stereocenters. The largest absolute Gasteiger partial charge is 0.332 e. The third-order valence-electron chi connectivity index (χ3n) is 4.05. The van der Waals surface area contributed by atoms with Crippen LogP contribution in [0.5, 0.6) is 0 Å². The van der Waals surface area contributed by atoms with Crippen LogP contribution < -0.4 is 10.0 Å². The summed E-state index contributed by atoms with van der Waals surface area (Å²) in [6.45, 7) is 1.57. The Bertz CT molecular complexity index is 1240. The van der Waals surface area contributed by atoms with Gasteiger partial charge in [-0.15, -0.1) is 0 Å². The zero-order valence-corrected chi connectivity index (χ0v) is 16.6. The van der Waals surface area contributed by atoms with Crippen LogP contribution in [0, 0.1) is 24.1 Å². The van der Waals surface area contributed by atoms with Crippen molar-refractivity contribution in [1.29, 1.82) is 5.26 Å². The lowest BCUT2D eigenvalue weighted by atomic mass is 10.0. The first-order valence-corrected chi connectivity index (χ1v) is 10.3. The van der Waals surface area contributed by atoms with Crippen molar-refractivity contribution in [1.82, 2.24) is 14.7 Å². The molecule has 0 saturated carbocycles. The zero-order valence-electron chi connectivity index (χ0n) is 15.8. The van der Waals surface area contributed by atoms with Crippen LogP contribution in [0.25, 0.3) is 11.1 Å². The fourth-order valence-corrected chi connectivity index (χ4v) is 3.83. The molecule has 2 N–H and O–H groups in total. The Hall–Kier alpha value is -3.84. The minimum Gasteiger partial charge on any atom is -0.306 e. The highest BCUT2D eigenvalue weighted by Crippen LogP contribution is 2.32. The molecule has 0 aliphatic heterocycles. The van der Waals surface area contributed by atoms with Gasteiger partial charge in [0, 0.05) is 24.2 Å². The van der Waals surface area contributed by atoms with Gasteiger partial charge in [-0.3, -0.25) is 4.98 Å². The van der Waals surface area contributed by atoms with E-state index in [1.54, 1.807) is 25.1 Å². The topological polar surface area (TPSA) is 125 Å². The number of sulfonamides is 1. The van der Waals surface area contributed by atoms with E-state index in [1.165, 1.54) is 36.8 Å². The number of nitrogens with zero attached hydrogens (tertiary/aromatic N) is 3. The average molecular weight is 425 g/mol. The van der Waals surface area contributed by atoms with E-state index in [-0.39, 0.29) is 16.9 Å². The van der Waals surface area contributed by atoms with Crippen LogP contribution in [-0.4, -0.2) is 24.4 Å². The minimum absolute atomic E-state index is 0.115. The number of rotatable bonds is 5. The first-order valence-electron chi connectivity index (χ1n) is 8.64. The molecule has 0 aliphatic rings. The van der Waals surface area contributed by atoms with Crippen molar-refractivity contribution in [2.45, 2.75) is 12.7 Å². The molecule has 30 heavy (non-hydrogen) atoms. The Balaban J connectivity index is 1.87. The summed E-state index contributed by atoms with van der Waals surface area (Å²) in [6, 6.07) is 9.44. The number of aromatic nitrogens is 2. The number of urea groups is 1. The van der Waals surface area contributed by atoms with Gasteiger partial charge in [-0.2, -0.15) is 5.26 Å². The van der Waals surface area contributed by atoms with Crippen molar-refractivity contribution in [2.24, 2.45) is 0 Å². The number of nitrogens with one attached hydrogen (secondary N) is 2. The van der Waals surface area contributed by atoms with Crippen molar-refractivity contribution >= 4 is 21.7 Å². The molecule has 0 saturated heterocycles. The van der Waals surface area contributed by atoms with Gasteiger partial charge in [-0.25, -0.2) is 27.3 Å². The Kier molecular flexibility index (Phi) is 6.03. The normalized spacial score (nSPS) is 10.8. The Morgan fingerprint density at radius 2 is 2.03 bits per heavy atom. The molecule has 0 aliphatic carbocycles. The van der Waals surface area contributed by atoms with E-state index < -0.39 is 27.6 Å². The van der Waals surface area contributed by atoms with Crippen molar-refractivity contribution in [3.63, 3.8) is 0 Å². The fraction of sp³-hybridized carbons (Fsp3) is 0.100. The number of hydrogen-bond donors (Lipinski definition) is 2. The van der Waals surface area contributed by atoms with Crippen molar-refractivity contribution < 1.29 is 17.6 Å². The summed E-state index contributed by atoms with van der Waals surface area (Å²) < 4.78 is 40.5. The molecular weight excluding hydrogens is 409 g/mol. The predicted octanol–water partition coefficient (Wildman–Crippen LogP) is 3.11. The monoisotopic (exact) mass is 425 g/mol. The highest BCUT2D eigenvalue weighted by atomic mass is 32.2. The SMILES string of the molecule is Cc1cc(F)cc(-c2ccnc(C#N)c2)c1NC(=O)NS(=O)(=O)Cc1cccnc1. The summed E-state index contributed by atoms with van der Waals surface area (Å²) in [5.74, 6) is -0.979. The summed E-state index contributed by atoms with van der Waals surface area (Å²) in [7, 11) is -3.99. The number of carbonyl (C=O) groups is 1. The second-order valence-electron chi connectivity index (χ2n) is 6.36. The Morgan fingerprint density at radius 3 is 2.73 bits per heavy atom. The number of halogens is 1. The zero-order chi connectivity index (χ0) is 21.7. The molecule has 3 rings (SSSR count). The van der Waals surface area contributed by atoms with Gasteiger partial charge in [0.1, 0.15) is 17.6 Å². The summed E-state index contributed by atoms with van der Waals surface area (Å²) in [4.78, 5) is 20.1. The third kappa shape index (κ3) is 5.15. The molecule has 0 radical (unpaired) electrons. The van der Waals surface area contributed by atoms with Crippen molar-refractivity contribution in [2.75, 3.05) is 5.32 Å². The third-order valence-corrected chi connectivity index (χ3v) is 5.26. The summed E-state index contributed by atoms with van der Waals surface area (Å²) in [5, 5.41) is 11.5. The number of carbonyl (C=O) groups excluding carboxylic acids is 1. The van der Waals surface area contributed by atoms with E-state index in [2.05, 4.69) is 15.3 Å². The summed E-state index contributed by atoms with van der Waals surface area (Å²) in [5.41, 5.74) is 1.84. The fourth-order valence-electron chi connectivity index (χ4n) is 2.82. The van der Waals surface area contributed by atoms with Crippen molar-refractivity contribution in [3.8, 4) is 17.2 Å².